The molecule has 3 aromatic rings. The van der Waals surface area contributed by atoms with Crippen LogP contribution in [-0.2, 0) is 13.6 Å². The summed E-state index contributed by atoms with van der Waals surface area (Å²) in [6, 6.07) is 8.58. The number of rotatable bonds is 4. The summed E-state index contributed by atoms with van der Waals surface area (Å²) in [5, 5.41) is 6.00. The fourth-order valence-electron chi connectivity index (χ4n) is 2.39. The van der Waals surface area contributed by atoms with Crippen molar-refractivity contribution in [3.63, 3.8) is 0 Å². The van der Waals surface area contributed by atoms with Crippen LogP contribution in [0.4, 0.5) is 4.39 Å². The monoisotopic (exact) mass is 329 g/mol. The van der Waals surface area contributed by atoms with Crippen molar-refractivity contribution in [2.75, 3.05) is 7.05 Å². The number of nitrogens with zero attached hydrogens (tertiary/aromatic N) is 3. The first-order valence-electron chi connectivity index (χ1n) is 7.11. The van der Waals surface area contributed by atoms with Crippen LogP contribution in [0.2, 0.25) is 0 Å². The highest BCUT2D eigenvalue weighted by molar-refractivity contribution is 7.13. The minimum Gasteiger partial charge on any atom is -0.337 e. The van der Waals surface area contributed by atoms with Crippen molar-refractivity contribution in [2.45, 2.75) is 6.54 Å². The minimum absolute atomic E-state index is 0.0803. The number of hydrogen-bond donors (Lipinski definition) is 0. The smallest absolute Gasteiger partial charge is 0.256 e. The van der Waals surface area contributed by atoms with Crippen molar-refractivity contribution in [3.8, 4) is 10.4 Å². The van der Waals surface area contributed by atoms with Crippen molar-refractivity contribution in [3.05, 3.63) is 65.0 Å². The van der Waals surface area contributed by atoms with Crippen LogP contribution in [0.1, 0.15) is 15.9 Å². The van der Waals surface area contributed by atoms with E-state index in [1.807, 2.05) is 30.8 Å². The fourth-order valence-corrected chi connectivity index (χ4v) is 3.11. The van der Waals surface area contributed by atoms with Crippen LogP contribution in [0.25, 0.3) is 10.4 Å². The van der Waals surface area contributed by atoms with Crippen LogP contribution in [0.15, 0.2) is 48.1 Å². The Labute approximate surface area is 137 Å². The number of halogens is 1. The Balaban J connectivity index is 1.79. The number of aryl methyl sites for hydroxylation is 1. The van der Waals surface area contributed by atoms with Gasteiger partial charge in [-0.3, -0.25) is 9.48 Å². The lowest BCUT2D eigenvalue weighted by molar-refractivity contribution is 0.0780. The Bertz CT molecular complexity index is 826. The van der Waals surface area contributed by atoms with Crippen molar-refractivity contribution in [1.82, 2.24) is 14.7 Å². The molecule has 0 unspecified atom stereocenters. The Hall–Kier alpha value is -2.47. The molecule has 1 amide bonds. The maximum atomic E-state index is 14.3. The van der Waals surface area contributed by atoms with E-state index in [9.17, 15) is 9.18 Å². The maximum absolute atomic E-state index is 14.3. The molecule has 0 saturated carbocycles. The molecule has 3 rings (SSSR count). The molecule has 0 aliphatic rings. The predicted octanol–water partition coefficient (Wildman–Crippen LogP) is 3.56. The summed E-state index contributed by atoms with van der Waals surface area (Å²) >= 11 is 1.54. The topological polar surface area (TPSA) is 38.1 Å². The molecule has 118 valence electrons. The van der Waals surface area contributed by atoms with Crippen LogP contribution >= 0.6 is 11.3 Å². The predicted molar refractivity (Wildman–Crippen MR) is 88.7 cm³/mol. The first-order chi connectivity index (χ1) is 11.0. The molecule has 0 spiro atoms. The number of carbonyl (C=O) groups excluding carboxylic acids is 1. The molecule has 2 heterocycles. The van der Waals surface area contributed by atoms with Gasteiger partial charge >= 0.3 is 0 Å². The van der Waals surface area contributed by atoms with Crippen LogP contribution < -0.4 is 0 Å². The van der Waals surface area contributed by atoms with E-state index in [2.05, 4.69) is 5.10 Å². The zero-order valence-corrected chi connectivity index (χ0v) is 13.7. The maximum Gasteiger partial charge on any atom is 0.256 e. The van der Waals surface area contributed by atoms with E-state index in [1.165, 1.54) is 22.3 Å². The Kier molecular flexibility index (Phi) is 4.25. The lowest BCUT2D eigenvalue weighted by Gasteiger charge is -2.17. The molecule has 0 atom stereocenters. The van der Waals surface area contributed by atoms with Crippen molar-refractivity contribution in [1.29, 1.82) is 0 Å². The van der Waals surface area contributed by atoms with Gasteiger partial charge in [0.15, 0.2) is 0 Å². The molecule has 0 bridgehead atoms. The first-order valence-corrected chi connectivity index (χ1v) is 7.99. The highest BCUT2D eigenvalue weighted by atomic mass is 32.1. The van der Waals surface area contributed by atoms with Gasteiger partial charge in [-0.15, -0.1) is 11.3 Å². The van der Waals surface area contributed by atoms with Gasteiger partial charge in [0.25, 0.3) is 5.91 Å². The molecule has 0 aliphatic carbocycles. The summed E-state index contributed by atoms with van der Waals surface area (Å²) in [7, 11) is 3.47. The molecule has 2 aromatic heterocycles. The summed E-state index contributed by atoms with van der Waals surface area (Å²) in [6.07, 6.45) is 3.53. The third kappa shape index (κ3) is 3.32. The van der Waals surface area contributed by atoms with Crippen LogP contribution in [-0.4, -0.2) is 27.6 Å². The van der Waals surface area contributed by atoms with E-state index in [1.54, 1.807) is 30.1 Å². The van der Waals surface area contributed by atoms with Crippen molar-refractivity contribution in [2.24, 2.45) is 7.05 Å². The van der Waals surface area contributed by atoms with E-state index in [-0.39, 0.29) is 11.5 Å². The van der Waals surface area contributed by atoms with Crippen LogP contribution in [0, 0.1) is 5.82 Å². The molecule has 1 aromatic carbocycles. The van der Waals surface area contributed by atoms with Gasteiger partial charge < -0.3 is 4.90 Å². The van der Waals surface area contributed by atoms with Crippen LogP contribution in [0.3, 0.4) is 0 Å². The highest BCUT2D eigenvalue weighted by Gasteiger charge is 2.17. The van der Waals surface area contributed by atoms with Gasteiger partial charge in [-0.1, -0.05) is 12.1 Å². The summed E-state index contributed by atoms with van der Waals surface area (Å²) in [5.41, 5.74) is 1.76. The summed E-state index contributed by atoms with van der Waals surface area (Å²) in [6.45, 7) is 0.388. The molecule has 0 saturated heterocycles. The molecule has 4 nitrogen and oxygen atoms in total. The van der Waals surface area contributed by atoms with Gasteiger partial charge in [-0.05, 0) is 29.1 Å². The number of benzene rings is 1. The Morgan fingerprint density at radius 2 is 2.22 bits per heavy atom. The van der Waals surface area contributed by atoms with Gasteiger partial charge in [-0.25, -0.2) is 4.39 Å². The molecule has 6 heteroatoms. The summed E-state index contributed by atoms with van der Waals surface area (Å²) < 4.78 is 16.0. The molecule has 0 aliphatic heterocycles. The van der Waals surface area contributed by atoms with Gasteiger partial charge in [0, 0.05) is 37.3 Å². The minimum atomic E-state index is -0.501. The van der Waals surface area contributed by atoms with Gasteiger partial charge in [0.05, 0.1) is 11.8 Å². The zero-order valence-electron chi connectivity index (χ0n) is 12.9. The van der Waals surface area contributed by atoms with Crippen molar-refractivity contribution >= 4 is 17.2 Å². The SMILES string of the molecule is CN(Cc1cnn(C)c1)C(=O)c1ccc(-c2cccs2)cc1F. The molecular weight excluding hydrogens is 313 g/mol. The number of thiophene rings is 1. The number of aromatic nitrogens is 2. The van der Waals surface area contributed by atoms with Crippen molar-refractivity contribution < 1.29 is 9.18 Å². The molecular formula is C17H16FN3OS. The average Bonchev–Trinajstić information content (AvgIpc) is 3.18. The van der Waals surface area contributed by atoms with Gasteiger partial charge in [-0.2, -0.15) is 5.10 Å². The van der Waals surface area contributed by atoms with Gasteiger partial charge in [0.1, 0.15) is 5.82 Å². The zero-order chi connectivity index (χ0) is 16.4. The molecule has 0 fully saturated rings. The second kappa shape index (κ2) is 6.34. The van der Waals surface area contributed by atoms with E-state index in [0.717, 1.165) is 16.0 Å². The lowest BCUT2D eigenvalue weighted by Crippen LogP contribution is -2.26. The largest absolute Gasteiger partial charge is 0.337 e. The summed E-state index contributed by atoms with van der Waals surface area (Å²) in [4.78, 5) is 14.9. The van der Waals surface area contributed by atoms with Crippen LogP contribution in [0.5, 0.6) is 0 Å². The second-order valence-corrected chi connectivity index (χ2v) is 6.30. The van der Waals surface area contributed by atoms with E-state index >= 15 is 0 Å². The third-order valence-electron chi connectivity index (χ3n) is 3.53. The summed E-state index contributed by atoms with van der Waals surface area (Å²) in [5.74, 6) is -0.844. The fraction of sp³-hybridized carbons (Fsp3) is 0.176. The second-order valence-electron chi connectivity index (χ2n) is 5.36. The number of amides is 1. The molecule has 0 N–H and O–H groups in total. The quantitative estimate of drug-likeness (QED) is 0.734. The average molecular weight is 329 g/mol. The number of carbonyl (C=O) groups is 1. The van der Waals surface area contributed by atoms with E-state index in [4.69, 9.17) is 0 Å². The third-order valence-corrected chi connectivity index (χ3v) is 4.45. The van der Waals surface area contributed by atoms with E-state index in [0.29, 0.717) is 6.54 Å². The first kappa shape index (κ1) is 15.4. The Morgan fingerprint density at radius 1 is 1.39 bits per heavy atom. The number of hydrogen-bond acceptors (Lipinski definition) is 3. The molecule has 23 heavy (non-hydrogen) atoms. The van der Waals surface area contributed by atoms with Gasteiger partial charge in [0.2, 0.25) is 0 Å². The highest BCUT2D eigenvalue weighted by Crippen LogP contribution is 2.26. The Morgan fingerprint density at radius 3 is 2.83 bits per heavy atom. The molecule has 0 radical (unpaired) electrons. The lowest BCUT2D eigenvalue weighted by atomic mass is 10.1. The van der Waals surface area contributed by atoms with E-state index < -0.39 is 5.82 Å². The standard InChI is InChI=1S/C17H16FN3OS/c1-20(10-12-9-19-21(2)11-12)17(22)14-6-5-13(8-15(14)18)16-4-3-7-23-16/h3-9,11H,10H2,1-2H3. The normalized spacial score (nSPS) is 10.7.